The van der Waals surface area contributed by atoms with Crippen LogP contribution in [0.15, 0.2) is 23.2 Å². The minimum Gasteiger partial charge on any atom is -0.383 e. The lowest BCUT2D eigenvalue weighted by Crippen LogP contribution is -2.45. The monoisotopic (exact) mass is 310 g/mol. The number of rotatable bonds is 3. The van der Waals surface area contributed by atoms with Crippen LogP contribution >= 0.6 is 0 Å². The highest BCUT2D eigenvalue weighted by Crippen LogP contribution is 2.26. The average Bonchev–Trinajstić information content (AvgIpc) is 3.02. The van der Waals surface area contributed by atoms with Crippen molar-refractivity contribution in [2.24, 2.45) is 0 Å². The van der Waals surface area contributed by atoms with Gasteiger partial charge in [-0.1, -0.05) is 0 Å². The van der Waals surface area contributed by atoms with Gasteiger partial charge >= 0.3 is 0 Å². The number of anilines is 1. The van der Waals surface area contributed by atoms with Gasteiger partial charge in [0, 0.05) is 25.3 Å². The highest BCUT2D eigenvalue weighted by molar-refractivity contribution is 7.89. The van der Waals surface area contributed by atoms with Crippen LogP contribution in [0.5, 0.6) is 0 Å². The first kappa shape index (κ1) is 14.7. The highest BCUT2D eigenvalue weighted by atomic mass is 32.2. The number of nitrogen functional groups attached to an aromatic ring is 1. The third-order valence-corrected chi connectivity index (χ3v) is 6.44. The van der Waals surface area contributed by atoms with Crippen LogP contribution in [-0.4, -0.2) is 54.8 Å². The lowest BCUT2D eigenvalue weighted by Gasteiger charge is -2.36. The number of sulfonamides is 1. The zero-order chi connectivity index (χ0) is 14.9. The maximum Gasteiger partial charge on any atom is 0.246 e. The molecule has 21 heavy (non-hydrogen) atoms. The van der Waals surface area contributed by atoms with E-state index in [9.17, 15) is 8.42 Å². The Labute approximate surface area is 126 Å². The molecule has 2 N–H and O–H groups in total. The molecule has 0 unspecified atom stereocenters. The first-order valence-corrected chi connectivity index (χ1v) is 8.98. The molecule has 2 saturated heterocycles. The number of hydrogen-bond acceptors (Lipinski definition) is 5. The van der Waals surface area contributed by atoms with E-state index < -0.39 is 10.0 Å². The predicted octanol–water partition coefficient (Wildman–Crippen LogP) is 0.913. The Bertz CT molecular complexity index is 591. The van der Waals surface area contributed by atoms with Crippen molar-refractivity contribution in [3.63, 3.8) is 0 Å². The van der Waals surface area contributed by atoms with E-state index in [0.29, 0.717) is 19.1 Å². The molecular weight excluding hydrogens is 288 g/mol. The predicted molar refractivity (Wildman–Crippen MR) is 81.2 cm³/mol. The van der Waals surface area contributed by atoms with Crippen LogP contribution in [0.4, 0.5) is 5.82 Å². The van der Waals surface area contributed by atoms with Gasteiger partial charge in [0.25, 0.3) is 0 Å². The minimum absolute atomic E-state index is 0.0826. The van der Waals surface area contributed by atoms with Crippen molar-refractivity contribution >= 4 is 15.8 Å². The molecule has 2 fully saturated rings. The van der Waals surface area contributed by atoms with Crippen molar-refractivity contribution in [1.82, 2.24) is 14.2 Å². The third-order valence-electron chi connectivity index (χ3n) is 4.50. The quantitative estimate of drug-likeness (QED) is 0.898. The fourth-order valence-corrected chi connectivity index (χ4v) is 4.85. The van der Waals surface area contributed by atoms with Gasteiger partial charge in [0.2, 0.25) is 10.0 Å². The molecular formula is C14H22N4O2S. The molecule has 0 radical (unpaired) electrons. The van der Waals surface area contributed by atoms with Crippen LogP contribution in [0.1, 0.15) is 25.7 Å². The summed E-state index contributed by atoms with van der Waals surface area (Å²) in [5, 5.41) is 0. The number of pyridine rings is 1. The van der Waals surface area contributed by atoms with Crippen molar-refractivity contribution in [2.75, 3.05) is 31.9 Å². The summed E-state index contributed by atoms with van der Waals surface area (Å²) in [6.45, 7) is 3.45. The molecule has 0 aromatic carbocycles. The van der Waals surface area contributed by atoms with E-state index >= 15 is 0 Å². The summed E-state index contributed by atoms with van der Waals surface area (Å²) in [6, 6.07) is 3.68. The van der Waals surface area contributed by atoms with Crippen LogP contribution in [-0.2, 0) is 10.0 Å². The van der Waals surface area contributed by atoms with Gasteiger partial charge in [0.1, 0.15) is 10.7 Å². The number of hydrogen-bond donors (Lipinski definition) is 1. The van der Waals surface area contributed by atoms with E-state index in [0.717, 1.165) is 25.9 Å². The number of likely N-dealkylation sites (tertiary alicyclic amines) is 1. The second-order valence-corrected chi connectivity index (χ2v) is 7.67. The van der Waals surface area contributed by atoms with Crippen LogP contribution in [0.3, 0.4) is 0 Å². The second kappa shape index (κ2) is 5.90. The molecule has 3 rings (SSSR count). The largest absolute Gasteiger partial charge is 0.383 e. The topological polar surface area (TPSA) is 79.5 Å². The van der Waals surface area contributed by atoms with Gasteiger partial charge in [-0.2, -0.15) is 4.31 Å². The van der Waals surface area contributed by atoms with E-state index in [4.69, 9.17) is 5.73 Å². The fraction of sp³-hybridized carbons (Fsp3) is 0.643. The Kier molecular flexibility index (Phi) is 4.14. The molecule has 0 spiro atoms. The van der Waals surface area contributed by atoms with Crippen molar-refractivity contribution in [2.45, 2.75) is 36.6 Å². The zero-order valence-electron chi connectivity index (χ0n) is 12.1. The maximum atomic E-state index is 12.6. The maximum absolute atomic E-state index is 12.6. The second-order valence-electron chi connectivity index (χ2n) is 5.77. The standard InChI is InChI=1S/C14H22N4O2S/c15-14-13(4-3-7-16-14)21(19,20)18-10-5-12(6-11-18)17-8-1-2-9-17/h3-4,7,12H,1-2,5-6,8-11H2,(H2,15,16). The van der Waals surface area contributed by atoms with E-state index in [2.05, 4.69) is 9.88 Å². The molecule has 0 aliphatic carbocycles. The molecule has 116 valence electrons. The molecule has 6 nitrogen and oxygen atoms in total. The summed E-state index contributed by atoms with van der Waals surface area (Å²) in [5.41, 5.74) is 5.72. The van der Waals surface area contributed by atoms with E-state index in [-0.39, 0.29) is 10.7 Å². The lowest BCUT2D eigenvalue weighted by molar-refractivity contribution is 0.168. The Morgan fingerprint density at radius 3 is 2.43 bits per heavy atom. The molecule has 1 aromatic rings. The van der Waals surface area contributed by atoms with Gasteiger partial charge in [-0.15, -0.1) is 0 Å². The van der Waals surface area contributed by atoms with Crippen LogP contribution in [0, 0.1) is 0 Å². The van der Waals surface area contributed by atoms with Crippen molar-refractivity contribution in [1.29, 1.82) is 0 Å². The summed E-state index contributed by atoms with van der Waals surface area (Å²) >= 11 is 0. The van der Waals surface area contributed by atoms with Gasteiger partial charge in [-0.25, -0.2) is 13.4 Å². The molecule has 3 heterocycles. The highest BCUT2D eigenvalue weighted by Gasteiger charge is 2.33. The van der Waals surface area contributed by atoms with Crippen LogP contribution in [0.25, 0.3) is 0 Å². The van der Waals surface area contributed by atoms with Gasteiger partial charge in [0.05, 0.1) is 0 Å². The number of aromatic nitrogens is 1. The summed E-state index contributed by atoms with van der Waals surface area (Å²) < 4.78 is 26.8. The number of nitrogens with zero attached hydrogens (tertiary/aromatic N) is 3. The van der Waals surface area contributed by atoms with Crippen molar-refractivity contribution < 1.29 is 8.42 Å². The number of nitrogens with two attached hydrogens (primary N) is 1. The average molecular weight is 310 g/mol. The molecule has 7 heteroatoms. The van der Waals surface area contributed by atoms with Gasteiger partial charge in [-0.05, 0) is 50.9 Å². The summed E-state index contributed by atoms with van der Waals surface area (Å²) in [4.78, 5) is 6.51. The minimum atomic E-state index is -3.51. The first-order valence-electron chi connectivity index (χ1n) is 7.54. The van der Waals surface area contributed by atoms with E-state index in [1.165, 1.54) is 25.1 Å². The van der Waals surface area contributed by atoms with E-state index in [1.54, 1.807) is 10.4 Å². The Balaban J connectivity index is 1.70. The van der Waals surface area contributed by atoms with Crippen molar-refractivity contribution in [3.8, 4) is 0 Å². The summed E-state index contributed by atoms with van der Waals surface area (Å²) in [6.07, 6.45) is 5.85. The summed E-state index contributed by atoms with van der Waals surface area (Å²) in [7, 11) is -3.51. The van der Waals surface area contributed by atoms with Crippen LogP contribution in [0.2, 0.25) is 0 Å². The Morgan fingerprint density at radius 1 is 1.14 bits per heavy atom. The SMILES string of the molecule is Nc1ncccc1S(=O)(=O)N1CCC(N2CCCC2)CC1. The number of piperidine rings is 1. The zero-order valence-corrected chi connectivity index (χ0v) is 12.9. The first-order chi connectivity index (χ1) is 10.1. The van der Waals surface area contributed by atoms with Gasteiger partial charge < -0.3 is 10.6 Å². The molecule has 0 bridgehead atoms. The summed E-state index contributed by atoms with van der Waals surface area (Å²) in [5.74, 6) is 0.0826. The fourth-order valence-electron chi connectivity index (χ4n) is 3.31. The van der Waals surface area contributed by atoms with Gasteiger partial charge in [0.15, 0.2) is 0 Å². The molecule has 2 aliphatic heterocycles. The Morgan fingerprint density at radius 2 is 1.81 bits per heavy atom. The van der Waals surface area contributed by atoms with Crippen molar-refractivity contribution in [3.05, 3.63) is 18.3 Å². The smallest absolute Gasteiger partial charge is 0.246 e. The molecule has 1 aromatic heterocycles. The molecule has 0 atom stereocenters. The van der Waals surface area contributed by atoms with E-state index in [1.807, 2.05) is 0 Å². The van der Waals surface area contributed by atoms with Crippen LogP contribution < -0.4 is 5.73 Å². The normalized spacial score (nSPS) is 22.7. The molecule has 0 saturated carbocycles. The molecule has 0 amide bonds. The Hall–Kier alpha value is -1.18. The lowest BCUT2D eigenvalue weighted by atomic mass is 10.1. The van der Waals surface area contributed by atoms with Gasteiger partial charge in [-0.3, -0.25) is 0 Å². The molecule has 2 aliphatic rings. The third kappa shape index (κ3) is 2.90.